The second-order valence-electron chi connectivity index (χ2n) is 3.82. The molecule has 0 bridgehead atoms. The molecule has 0 spiro atoms. The zero-order valence-electron chi connectivity index (χ0n) is 9.03. The summed E-state index contributed by atoms with van der Waals surface area (Å²) in [7, 11) is 0. The fourth-order valence-electron chi connectivity index (χ4n) is 1.28. The van der Waals surface area contributed by atoms with Crippen LogP contribution in [0.4, 0.5) is 8.78 Å². The van der Waals surface area contributed by atoms with Gasteiger partial charge in [0.1, 0.15) is 0 Å². The molecule has 1 nitrogen and oxygen atoms in total. The molecule has 0 aromatic rings. The summed E-state index contributed by atoms with van der Waals surface area (Å²) >= 11 is 0. The molecule has 0 aromatic heterocycles. The Bertz CT molecular complexity index is 139. The van der Waals surface area contributed by atoms with Gasteiger partial charge in [0.05, 0.1) is 5.54 Å². The SMILES string of the molecule is CCCNC(C)(C(F)F)C(C)CC. The van der Waals surface area contributed by atoms with Gasteiger partial charge in [-0.3, -0.25) is 0 Å². The molecule has 0 rings (SSSR count). The summed E-state index contributed by atoms with van der Waals surface area (Å²) in [5, 5.41) is 2.95. The maximum absolute atomic E-state index is 12.8. The summed E-state index contributed by atoms with van der Waals surface area (Å²) in [4.78, 5) is 0. The van der Waals surface area contributed by atoms with Crippen LogP contribution in [-0.4, -0.2) is 18.5 Å². The molecular formula is C10H21F2N. The molecular weight excluding hydrogens is 172 g/mol. The lowest BCUT2D eigenvalue weighted by molar-refractivity contribution is 0.00742. The van der Waals surface area contributed by atoms with Gasteiger partial charge in [0.15, 0.2) is 0 Å². The van der Waals surface area contributed by atoms with E-state index in [1.807, 2.05) is 20.8 Å². The Kier molecular flexibility index (Phi) is 5.45. The molecule has 0 radical (unpaired) electrons. The fourth-order valence-corrected chi connectivity index (χ4v) is 1.28. The highest BCUT2D eigenvalue weighted by atomic mass is 19.3. The molecule has 80 valence electrons. The monoisotopic (exact) mass is 193 g/mol. The highest BCUT2D eigenvalue weighted by Crippen LogP contribution is 2.26. The van der Waals surface area contributed by atoms with Gasteiger partial charge in [-0.05, 0) is 25.8 Å². The first-order valence-electron chi connectivity index (χ1n) is 5.02. The normalized spacial score (nSPS) is 18.7. The van der Waals surface area contributed by atoms with E-state index in [4.69, 9.17) is 0 Å². The molecule has 0 saturated carbocycles. The van der Waals surface area contributed by atoms with Gasteiger partial charge >= 0.3 is 0 Å². The van der Waals surface area contributed by atoms with Crippen LogP contribution in [0, 0.1) is 5.92 Å². The van der Waals surface area contributed by atoms with Crippen LogP contribution in [0.5, 0.6) is 0 Å². The molecule has 2 unspecified atom stereocenters. The number of hydrogen-bond donors (Lipinski definition) is 1. The third-order valence-electron chi connectivity index (χ3n) is 2.85. The molecule has 0 aliphatic carbocycles. The third kappa shape index (κ3) is 3.22. The van der Waals surface area contributed by atoms with Crippen molar-refractivity contribution >= 4 is 0 Å². The summed E-state index contributed by atoms with van der Waals surface area (Å²) < 4.78 is 25.6. The summed E-state index contributed by atoms with van der Waals surface area (Å²) in [5.74, 6) is -0.000880. The van der Waals surface area contributed by atoms with Gasteiger partial charge in [-0.2, -0.15) is 0 Å². The van der Waals surface area contributed by atoms with E-state index in [9.17, 15) is 8.78 Å². The number of nitrogens with one attached hydrogen (secondary N) is 1. The highest BCUT2D eigenvalue weighted by Gasteiger charge is 2.38. The first-order valence-corrected chi connectivity index (χ1v) is 5.02. The predicted molar refractivity (Wildman–Crippen MR) is 52.2 cm³/mol. The quantitative estimate of drug-likeness (QED) is 0.683. The first-order chi connectivity index (χ1) is 5.99. The molecule has 1 N–H and O–H groups in total. The molecule has 0 fully saturated rings. The minimum Gasteiger partial charge on any atom is -0.306 e. The average molecular weight is 193 g/mol. The van der Waals surface area contributed by atoms with Crippen LogP contribution in [0.25, 0.3) is 0 Å². The smallest absolute Gasteiger partial charge is 0.256 e. The Morgan fingerprint density at radius 1 is 1.31 bits per heavy atom. The van der Waals surface area contributed by atoms with Crippen LogP contribution >= 0.6 is 0 Å². The molecule has 0 saturated heterocycles. The van der Waals surface area contributed by atoms with Crippen LogP contribution < -0.4 is 5.32 Å². The van der Waals surface area contributed by atoms with Crippen molar-refractivity contribution in [2.45, 2.75) is 52.5 Å². The van der Waals surface area contributed by atoms with E-state index in [0.717, 1.165) is 12.8 Å². The van der Waals surface area contributed by atoms with Gasteiger partial charge in [-0.15, -0.1) is 0 Å². The lowest BCUT2D eigenvalue weighted by atomic mass is 9.85. The van der Waals surface area contributed by atoms with E-state index in [1.54, 1.807) is 6.92 Å². The van der Waals surface area contributed by atoms with Crippen LogP contribution in [0.3, 0.4) is 0 Å². The van der Waals surface area contributed by atoms with E-state index < -0.39 is 12.0 Å². The Morgan fingerprint density at radius 3 is 2.15 bits per heavy atom. The van der Waals surface area contributed by atoms with Gasteiger partial charge in [0.2, 0.25) is 0 Å². The molecule has 13 heavy (non-hydrogen) atoms. The minimum absolute atomic E-state index is 0.000880. The van der Waals surface area contributed by atoms with Gasteiger partial charge < -0.3 is 5.32 Å². The lowest BCUT2D eigenvalue weighted by Crippen LogP contribution is -2.53. The molecule has 0 aliphatic heterocycles. The van der Waals surface area contributed by atoms with E-state index in [-0.39, 0.29) is 5.92 Å². The number of alkyl halides is 2. The summed E-state index contributed by atoms with van der Waals surface area (Å²) in [6.07, 6.45) is -0.634. The Hall–Kier alpha value is -0.180. The van der Waals surface area contributed by atoms with Crippen molar-refractivity contribution in [2.24, 2.45) is 5.92 Å². The minimum atomic E-state index is -2.30. The first kappa shape index (κ1) is 12.8. The molecule has 3 heteroatoms. The predicted octanol–water partition coefficient (Wildman–Crippen LogP) is 3.06. The van der Waals surface area contributed by atoms with Gasteiger partial charge in [-0.1, -0.05) is 27.2 Å². The van der Waals surface area contributed by atoms with Crippen molar-refractivity contribution in [3.8, 4) is 0 Å². The fraction of sp³-hybridized carbons (Fsp3) is 1.00. The van der Waals surface area contributed by atoms with Crippen LogP contribution in [-0.2, 0) is 0 Å². The number of halogens is 2. The maximum atomic E-state index is 12.8. The van der Waals surface area contributed by atoms with Crippen molar-refractivity contribution in [3.63, 3.8) is 0 Å². The second-order valence-corrected chi connectivity index (χ2v) is 3.82. The standard InChI is InChI=1S/C10H21F2N/c1-5-7-13-10(4,9(11)12)8(3)6-2/h8-9,13H,5-7H2,1-4H3. The lowest BCUT2D eigenvalue weighted by Gasteiger charge is -2.35. The molecule has 0 amide bonds. The van der Waals surface area contributed by atoms with Crippen molar-refractivity contribution in [2.75, 3.05) is 6.54 Å². The van der Waals surface area contributed by atoms with E-state index >= 15 is 0 Å². The van der Waals surface area contributed by atoms with Crippen molar-refractivity contribution in [1.82, 2.24) is 5.32 Å². The van der Waals surface area contributed by atoms with Gasteiger partial charge in [0, 0.05) is 0 Å². The van der Waals surface area contributed by atoms with Crippen molar-refractivity contribution in [3.05, 3.63) is 0 Å². The summed E-state index contributed by atoms with van der Waals surface area (Å²) in [5.41, 5.74) is -1.02. The zero-order chi connectivity index (χ0) is 10.5. The van der Waals surface area contributed by atoms with Crippen molar-refractivity contribution < 1.29 is 8.78 Å². The van der Waals surface area contributed by atoms with E-state index in [2.05, 4.69) is 5.32 Å². The summed E-state index contributed by atoms with van der Waals surface area (Å²) in [6.45, 7) is 8.07. The van der Waals surface area contributed by atoms with E-state index in [0.29, 0.717) is 6.54 Å². The molecule has 2 atom stereocenters. The van der Waals surface area contributed by atoms with Crippen LogP contribution in [0.2, 0.25) is 0 Å². The Balaban J connectivity index is 4.33. The molecule has 0 heterocycles. The summed E-state index contributed by atoms with van der Waals surface area (Å²) in [6, 6.07) is 0. The highest BCUT2D eigenvalue weighted by molar-refractivity contribution is 4.90. The topological polar surface area (TPSA) is 12.0 Å². The van der Waals surface area contributed by atoms with Gasteiger partial charge in [-0.25, -0.2) is 8.78 Å². The van der Waals surface area contributed by atoms with Crippen LogP contribution in [0.1, 0.15) is 40.5 Å². The maximum Gasteiger partial charge on any atom is 0.256 e. The zero-order valence-corrected chi connectivity index (χ0v) is 9.03. The van der Waals surface area contributed by atoms with Crippen molar-refractivity contribution in [1.29, 1.82) is 0 Å². The average Bonchev–Trinajstić information content (AvgIpc) is 2.12. The van der Waals surface area contributed by atoms with E-state index in [1.165, 1.54) is 0 Å². The number of hydrogen-bond acceptors (Lipinski definition) is 1. The Labute approximate surface area is 79.9 Å². The number of rotatable bonds is 6. The Morgan fingerprint density at radius 2 is 1.85 bits per heavy atom. The largest absolute Gasteiger partial charge is 0.306 e. The molecule has 0 aromatic carbocycles. The van der Waals surface area contributed by atoms with Crippen LogP contribution in [0.15, 0.2) is 0 Å². The second kappa shape index (κ2) is 5.53. The van der Waals surface area contributed by atoms with Gasteiger partial charge in [0.25, 0.3) is 6.43 Å². The third-order valence-corrected chi connectivity index (χ3v) is 2.85. The molecule has 0 aliphatic rings.